The van der Waals surface area contributed by atoms with Gasteiger partial charge in [0.25, 0.3) is 5.91 Å². The second-order valence-corrected chi connectivity index (χ2v) is 5.09. The van der Waals surface area contributed by atoms with Gasteiger partial charge >= 0.3 is 0 Å². The fourth-order valence-corrected chi connectivity index (χ4v) is 2.26. The molecule has 23 heavy (non-hydrogen) atoms. The first kappa shape index (κ1) is 14.9. The molecule has 2 heterocycles. The maximum absolute atomic E-state index is 11.7. The number of rotatable bonds is 4. The summed E-state index contributed by atoms with van der Waals surface area (Å²) in [5, 5.41) is 2.78. The molecule has 0 aliphatic carbocycles. The van der Waals surface area contributed by atoms with Crippen LogP contribution >= 0.6 is 0 Å². The van der Waals surface area contributed by atoms with E-state index >= 15 is 0 Å². The maximum Gasteiger partial charge on any atom is 0.251 e. The zero-order valence-electron chi connectivity index (χ0n) is 12.9. The third kappa shape index (κ3) is 3.61. The van der Waals surface area contributed by atoms with Gasteiger partial charge in [-0.2, -0.15) is 0 Å². The minimum atomic E-state index is -0.0493. The zero-order valence-corrected chi connectivity index (χ0v) is 12.9. The van der Waals surface area contributed by atoms with E-state index in [1.807, 2.05) is 67.6 Å². The number of fused-ring (bicyclic) bond motifs is 1. The molecule has 0 aliphatic rings. The minimum Gasteiger partial charge on any atom is -0.352 e. The summed E-state index contributed by atoms with van der Waals surface area (Å²) in [7, 11) is 0. The quantitative estimate of drug-likeness (QED) is 0.802. The number of hydrogen-bond acceptors (Lipinski definition) is 3. The molecule has 0 atom stereocenters. The standard InChI is InChI=1S/C19H17N3O/c1-2-20-19(23)15-8-5-14(6-9-15)7-10-16-11-12-17-18(22-16)4-3-13-21-17/h3-13H,2H2,1H3,(H,20,23)/b10-7+. The van der Waals surface area contributed by atoms with Crippen molar-refractivity contribution in [3.8, 4) is 0 Å². The zero-order chi connectivity index (χ0) is 16.1. The van der Waals surface area contributed by atoms with E-state index in [0.29, 0.717) is 12.1 Å². The van der Waals surface area contributed by atoms with Crippen molar-refractivity contribution >= 4 is 29.1 Å². The SMILES string of the molecule is CCNC(=O)c1ccc(/C=C/c2ccc3ncccc3n2)cc1. The molecule has 4 nitrogen and oxygen atoms in total. The monoisotopic (exact) mass is 303 g/mol. The number of carbonyl (C=O) groups excluding carboxylic acids is 1. The van der Waals surface area contributed by atoms with E-state index in [1.165, 1.54) is 0 Å². The molecule has 0 unspecified atom stereocenters. The highest BCUT2D eigenvalue weighted by Gasteiger charge is 2.02. The molecule has 0 aliphatic heterocycles. The lowest BCUT2D eigenvalue weighted by molar-refractivity contribution is 0.0956. The summed E-state index contributed by atoms with van der Waals surface area (Å²) in [6.07, 6.45) is 5.69. The minimum absolute atomic E-state index is 0.0493. The molecule has 4 heteroatoms. The van der Waals surface area contributed by atoms with Crippen molar-refractivity contribution in [2.45, 2.75) is 6.92 Å². The van der Waals surface area contributed by atoms with Crippen LogP contribution in [0.15, 0.2) is 54.7 Å². The molecular weight excluding hydrogens is 286 g/mol. The molecule has 0 radical (unpaired) electrons. The molecule has 0 fully saturated rings. The number of nitrogens with zero attached hydrogens (tertiary/aromatic N) is 2. The van der Waals surface area contributed by atoms with Gasteiger partial charge < -0.3 is 5.32 Å². The third-order valence-corrected chi connectivity index (χ3v) is 3.43. The van der Waals surface area contributed by atoms with Crippen LogP contribution in [0.4, 0.5) is 0 Å². The Labute approximate surface area is 134 Å². The molecule has 2 aromatic heterocycles. The Bertz CT molecular complexity index is 854. The van der Waals surface area contributed by atoms with E-state index in [0.717, 1.165) is 22.3 Å². The van der Waals surface area contributed by atoms with E-state index in [-0.39, 0.29) is 5.91 Å². The molecule has 1 aromatic carbocycles. The van der Waals surface area contributed by atoms with Crippen LogP contribution in [0.1, 0.15) is 28.5 Å². The van der Waals surface area contributed by atoms with Crippen LogP contribution in [-0.2, 0) is 0 Å². The van der Waals surface area contributed by atoms with Gasteiger partial charge in [-0.15, -0.1) is 0 Å². The van der Waals surface area contributed by atoms with Crippen molar-refractivity contribution in [1.29, 1.82) is 0 Å². The predicted molar refractivity (Wildman–Crippen MR) is 92.9 cm³/mol. The van der Waals surface area contributed by atoms with E-state index in [1.54, 1.807) is 6.20 Å². The van der Waals surface area contributed by atoms with Gasteiger partial charge in [0.15, 0.2) is 0 Å². The van der Waals surface area contributed by atoms with Gasteiger partial charge in [-0.05, 0) is 55.0 Å². The molecule has 3 rings (SSSR count). The van der Waals surface area contributed by atoms with Crippen LogP contribution in [0.3, 0.4) is 0 Å². The highest BCUT2D eigenvalue weighted by atomic mass is 16.1. The number of aromatic nitrogens is 2. The Morgan fingerprint density at radius 1 is 1.04 bits per heavy atom. The molecule has 3 aromatic rings. The third-order valence-electron chi connectivity index (χ3n) is 3.43. The fourth-order valence-electron chi connectivity index (χ4n) is 2.26. The van der Waals surface area contributed by atoms with E-state index in [2.05, 4.69) is 15.3 Å². The topological polar surface area (TPSA) is 54.9 Å². The molecule has 0 spiro atoms. The highest BCUT2D eigenvalue weighted by Crippen LogP contribution is 2.12. The number of pyridine rings is 2. The first-order chi connectivity index (χ1) is 11.3. The summed E-state index contributed by atoms with van der Waals surface area (Å²) < 4.78 is 0. The Balaban J connectivity index is 1.77. The molecule has 1 amide bonds. The van der Waals surface area contributed by atoms with Gasteiger partial charge in [-0.3, -0.25) is 9.78 Å². The number of hydrogen-bond donors (Lipinski definition) is 1. The summed E-state index contributed by atoms with van der Waals surface area (Å²) in [4.78, 5) is 20.5. The maximum atomic E-state index is 11.7. The Morgan fingerprint density at radius 3 is 2.65 bits per heavy atom. The van der Waals surface area contributed by atoms with Gasteiger partial charge in [-0.25, -0.2) is 4.98 Å². The lowest BCUT2D eigenvalue weighted by atomic mass is 10.1. The normalized spacial score (nSPS) is 11.0. The van der Waals surface area contributed by atoms with Crippen molar-refractivity contribution < 1.29 is 4.79 Å². The van der Waals surface area contributed by atoms with Gasteiger partial charge in [0.2, 0.25) is 0 Å². The molecule has 1 N–H and O–H groups in total. The second-order valence-electron chi connectivity index (χ2n) is 5.09. The summed E-state index contributed by atoms with van der Waals surface area (Å²) >= 11 is 0. The van der Waals surface area contributed by atoms with Crippen LogP contribution in [-0.4, -0.2) is 22.4 Å². The molecular formula is C19H17N3O. The first-order valence-electron chi connectivity index (χ1n) is 7.54. The van der Waals surface area contributed by atoms with Crippen LogP contribution < -0.4 is 5.32 Å². The van der Waals surface area contributed by atoms with E-state index < -0.39 is 0 Å². The summed E-state index contributed by atoms with van der Waals surface area (Å²) in [6, 6.07) is 15.2. The largest absolute Gasteiger partial charge is 0.352 e. The van der Waals surface area contributed by atoms with Crippen LogP contribution in [0.25, 0.3) is 23.2 Å². The van der Waals surface area contributed by atoms with Crippen molar-refractivity contribution in [2.24, 2.45) is 0 Å². The Morgan fingerprint density at radius 2 is 1.87 bits per heavy atom. The molecule has 0 saturated heterocycles. The molecule has 0 bridgehead atoms. The van der Waals surface area contributed by atoms with Crippen molar-refractivity contribution in [3.05, 3.63) is 71.5 Å². The van der Waals surface area contributed by atoms with Crippen LogP contribution in [0.2, 0.25) is 0 Å². The second kappa shape index (κ2) is 6.83. The lowest BCUT2D eigenvalue weighted by Crippen LogP contribution is -2.22. The molecule has 0 saturated carbocycles. The van der Waals surface area contributed by atoms with Gasteiger partial charge in [0.05, 0.1) is 16.7 Å². The van der Waals surface area contributed by atoms with Crippen LogP contribution in [0, 0.1) is 0 Å². The number of benzene rings is 1. The Kier molecular flexibility index (Phi) is 4.43. The highest BCUT2D eigenvalue weighted by molar-refractivity contribution is 5.94. The van der Waals surface area contributed by atoms with Gasteiger partial charge in [0.1, 0.15) is 0 Å². The summed E-state index contributed by atoms with van der Waals surface area (Å²) in [5.74, 6) is -0.0493. The van der Waals surface area contributed by atoms with Gasteiger partial charge in [0, 0.05) is 18.3 Å². The average Bonchev–Trinajstić information content (AvgIpc) is 2.60. The fraction of sp³-hybridized carbons (Fsp3) is 0.105. The van der Waals surface area contributed by atoms with Crippen molar-refractivity contribution in [3.63, 3.8) is 0 Å². The smallest absolute Gasteiger partial charge is 0.251 e. The van der Waals surface area contributed by atoms with E-state index in [4.69, 9.17) is 0 Å². The summed E-state index contributed by atoms with van der Waals surface area (Å²) in [5.41, 5.74) is 4.32. The van der Waals surface area contributed by atoms with Crippen molar-refractivity contribution in [2.75, 3.05) is 6.54 Å². The number of amides is 1. The van der Waals surface area contributed by atoms with Gasteiger partial charge in [-0.1, -0.05) is 18.2 Å². The molecule has 114 valence electrons. The lowest BCUT2D eigenvalue weighted by Gasteiger charge is -2.02. The van der Waals surface area contributed by atoms with E-state index in [9.17, 15) is 4.79 Å². The predicted octanol–water partition coefficient (Wildman–Crippen LogP) is 3.55. The van der Waals surface area contributed by atoms with Crippen LogP contribution in [0.5, 0.6) is 0 Å². The first-order valence-corrected chi connectivity index (χ1v) is 7.54. The number of carbonyl (C=O) groups is 1. The van der Waals surface area contributed by atoms with Crippen molar-refractivity contribution in [1.82, 2.24) is 15.3 Å². The number of nitrogens with one attached hydrogen (secondary N) is 1. The summed E-state index contributed by atoms with van der Waals surface area (Å²) in [6.45, 7) is 2.53. The Hall–Kier alpha value is -3.01. The average molecular weight is 303 g/mol.